The number of hydrogen-bond acceptors (Lipinski definition) is 3. The van der Waals surface area contributed by atoms with Crippen molar-refractivity contribution in [3.05, 3.63) is 18.0 Å². The van der Waals surface area contributed by atoms with Crippen molar-refractivity contribution in [1.82, 2.24) is 9.78 Å². The van der Waals surface area contributed by atoms with Crippen molar-refractivity contribution in [2.24, 2.45) is 18.7 Å². The Hall–Kier alpha value is -1.16. The first-order valence-electron chi connectivity index (χ1n) is 4.93. The summed E-state index contributed by atoms with van der Waals surface area (Å²) in [7, 11) is 1.82. The van der Waals surface area contributed by atoms with Gasteiger partial charge in [-0.2, -0.15) is 5.10 Å². The molecule has 1 aromatic rings. The van der Waals surface area contributed by atoms with Crippen LogP contribution in [0.4, 0.5) is 0 Å². The molecule has 2 N–H and O–H groups in total. The summed E-state index contributed by atoms with van der Waals surface area (Å²) in [6.45, 7) is 0. The van der Waals surface area contributed by atoms with Gasteiger partial charge < -0.3 is 5.73 Å². The predicted octanol–water partition coefficient (Wildman–Crippen LogP) is 0.789. The van der Waals surface area contributed by atoms with E-state index in [1.807, 2.05) is 7.05 Å². The fourth-order valence-corrected chi connectivity index (χ4v) is 1.52. The first-order chi connectivity index (χ1) is 6.66. The van der Waals surface area contributed by atoms with Crippen molar-refractivity contribution in [3.8, 4) is 0 Å². The molecule has 4 nitrogen and oxygen atoms in total. The van der Waals surface area contributed by atoms with Gasteiger partial charge in [0.2, 0.25) is 0 Å². The Balaban J connectivity index is 1.99. The molecule has 1 atom stereocenters. The van der Waals surface area contributed by atoms with Crippen LogP contribution < -0.4 is 5.73 Å². The van der Waals surface area contributed by atoms with Gasteiger partial charge in [0.25, 0.3) is 0 Å². The Morgan fingerprint density at radius 1 is 1.79 bits per heavy atom. The number of ketones is 1. The Kier molecular flexibility index (Phi) is 2.37. The molecule has 0 saturated heterocycles. The van der Waals surface area contributed by atoms with Crippen molar-refractivity contribution in [2.75, 3.05) is 0 Å². The fourth-order valence-electron chi connectivity index (χ4n) is 1.52. The van der Waals surface area contributed by atoms with Gasteiger partial charge in [-0.25, -0.2) is 0 Å². The van der Waals surface area contributed by atoms with Crippen LogP contribution in [0, 0.1) is 5.92 Å². The van der Waals surface area contributed by atoms with E-state index in [0.29, 0.717) is 12.3 Å². The quantitative estimate of drug-likeness (QED) is 0.769. The number of nitrogens with zero attached hydrogens (tertiary/aromatic N) is 2. The summed E-state index contributed by atoms with van der Waals surface area (Å²) in [6, 6.07) is -0.482. The first kappa shape index (κ1) is 9.40. The van der Waals surface area contributed by atoms with Gasteiger partial charge in [0.15, 0.2) is 5.78 Å². The van der Waals surface area contributed by atoms with Crippen molar-refractivity contribution >= 4 is 5.78 Å². The third kappa shape index (κ3) is 2.01. The standard InChI is InChI=1S/C10H15N3O/c1-13-6-8(5-12-13)10(11)9(14)4-7-2-3-7/h5-7,10H,2-4,11H2,1H3. The van der Waals surface area contributed by atoms with Crippen molar-refractivity contribution in [3.63, 3.8) is 0 Å². The summed E-state index contributed by atoms with van der Waals surface area (Å²) in [5, 5.41) is 4.00. The lowest BCUT2D eigenvalue weighted by Gasteiger charge is -2.06. The SMILES string of the molecule is Cn1cc(C(N)C(=O)CC2CC2)cn1. The zero-order chi connectivity index (χ0) is 10.1. The molecular formula is C10H15N3O. The van der Waals surface area contributed by atoms with Crippen molar-refractivity contribution < 1.29 is 4.79 Å². The zero-order valence-corrected chi connectivity index (χ0v) is 8.31. The minimum absolute atomic E-state index is 0.139. The summed E-state index contributed by atoms with van der Waals surface area (Å²) < 4.78 is 1.67. The molecule has 0 spiro atoms. The van der Waals surface area contributed by atoms with Gasteiger partial charge in [0, 0.05) is 25.2 Å². The average Bonchev–Trinajstić information content (AvgIpc) is 2.85. The Labute approximate surface area is 83.1 Å². The van der Waals surface area contributed by atoms with E-state index >= 15 is 0 Å². The van der Waals surface area contributed by atoms with Crippen LogP contribution in [-0.2, 0) is 11.8 Å². The molecular weight excluding hydrogens is 178 g/mol. The molecule has 0 aliphatic heterocycles. The second-order valence-electron chi connectivity index (χ2n) is 4.04. The van der Waals surface area contributed by atoms with E-state index in [-0.39, 0.29) is 5.78 Å². The molecule has 1 fully saturated rings. The van der Waals surface area contributed by atoms with Crippen molar-refractivity contribution in [1.29, 1.82) is 0 Å². The van der Waals surface area contributed by atoms with E-state index in [1.165, 1.54) is 12.8 Å². The molecule has 1 saturated carbocycles. The maximum atomic E-state index is 11.6. The lowest BCUT2D eigenvalue weighted by atomic mass is 10.0. The number of aromatic nitrogens is 2. The molecule has 0 amide bonds. The number of rotatable bonds is 4. The smallest absolute Gasteiger partial charge is 0.154 e. The number of Topliss-reactive ketones (excluding diaryl/α,β-unsaturated/α-hetero) is 1. The summed E-state index contributed by atoms with van der Waals surface area (Å²) >= 11 is 0. The zero-order valence-electron chi connectivity index (χ0n) is 8.31. The van der Waals surface area contributed by atoms with Crippen LogP contribution in [0.2, 0.25) is 0 Å². The molecule has 0 radical (unpaired) electrons. The minimum Gasteiger partial charge on any atom is -0.318 e. The summed E-state index contributed by atoms with van der Waals surface area (Å²) in [5.74, 6) is 0.741. The van der Waals surface area contributed by atoms with Crippen LogP contribution in [0.3, 0.4) is 0 Å². The maximum absolute atomic E-state index is 11.6. The molecule has 2 rings (SSSR count). The Bertz CT molecular complexity index is 341. The highest BCUT2D eigenvalue weighted by atomic mass is 16.1. The molecule has 1 aliphatic rings. The molecule has 76 valence electrons. The summed E-state index contributed by atoms with van der Waals surface area (Å²) in [5.41, 5.74) is 6.64. The highest BCUT2D eigenvalue weighted by Gasteiger charge is 2.27. The lowest BCUT2D eigenvalue weighted by molar-refractivity contribution is -0.120. The van der Waals surface area contributed by atoms with Crippen molar-refractivity contribution in [2.45, 2.75) is 25.3 Å². The van der Waals surface area contributed by atoms with E-state index in [9.17, 15) is 4.79 Å². The second-order valence-corrected chi connectivity index (χ2v) is 4.04. The molecule has 4 heteroatoms. The van der Waals surface area contributed by atoms with Gasteiger partial charge in [-0.15, -0.1) is 0 Å². The normalized spacial score (nSPS) is 18.1. The van der Waals surface area contributed by atoms with Gasteiger partial charge >= 0.3 is 0 Å². The Morgan fingerprint density at radius 3 is 3.00 bits per heavy atom. The highest BCUT2D eigenvalue weighted by molar-refractivity contribution is 5.85. The van der Waals surface area contributed by atoms with Crippen LogP contribution >= 0.6 is 0 Å². The number of nitrogens with two attached hydrogens (primary N) is 1. The topological polar surface area (TPSA) is 60.9 Å². The Morgan fingerprint density at radius 2 is 2.50 bits per heavy atom. The molecule has 1 aliphatic carbocycles. The number of carbonyl (C=O) groups excluding carboxylic acids is 1. The third-order valence-electron chi connectivity index (χ3n) is 2.62. The van der Waals surface area contributed by atoms with E-state index in [2.05, 4.69) is 5.10 Å². The van der Waals surface area contributed by atoms with E-state index < -0.39 is 6.04 Å². The van der Waals surface area contributed by atoms with E-state index in [1.54, 1.807) is 17.1 Å². The summed E-state index contributed by atoms with van der Waals surface area (Å²) in [4.78, 5) is 11.6. The minimum atomic E-state index is -0.482. The third-order valence-corrected chi connectivity index (χ3v) is 2.62. The van der Waals surface area contributed by atoms with Crippen LogP contribution in [0.15, 0.2) is 12.4 Å². The van der Waals surface area contributed by atoms with Gasteiger partial charge in [-0.05, 0) is 18.8 Å². The van der Waals surface area contributed by atoms with Gasteiger partial charge in [0.05, 0.1) is 12.2 Å². The van der Waals surface area contributed by atoms with Gasteiger partial charge in [-0.1, -0.05) is 0 Å². The summed E-state index contributed by atoms with van der Waals surface area (Å²) in [6.07, 6.45) is 6.47. The maximum Gasteiger partial charge on any atom is 0.154 e. The van der Waals surface area contributed by atoms with Crippen LogP contribution in [-0.4, -0.2) is 15.6 Å². The van der Waals surface area contributed by atoms with Gasteiger partial charge in [-0.3, -0.25) is 9.48 Å². The van der Waals surface area contributed by atoms with Gasteiger partial charge in [0.1, 0.15) is 0 Å². The highest BCUT2D eigenvalue weighted by Crippen LogP contribution is 2.33. The fraction of sp³-hybridized carbons (Fsp3) is 0.600. The lowest BCUT2D eigenvalue weighted by Crippen LogP contribution is -2.21. The molecule has 14 heavy (non-hydrogen) atoms. The largest absolute Gasteiger partial charge is 0.318 e. The number of carbonyl (C=O) groups is 1. The monoisotopic (exact) mass is 193 g/mol. The molecule has 1 unspecified atom stereocenters. The van der Waals surface area contributed by atoms with Crippen LogP contribution in [0.25, 0.3) is 0 Å². The number of hydrogen-bond donors (Lipinski definition) is 1. The van der Waals surface area contributed by atoms with E-state index in [0.717, 1.165) is 5.56 Å². The second kappa shape index (κ2) is 3.53. The van der Waals surface area contributed by atoms with E-state index in [4.69, 9.17) is 5.73 Å². The molecule has 1 heterocycles. The number of aryl methyl sites for hydroxylation is 1. The molecule has 1 aromatic heterocycles. The molecule has 0 aromatic carbocycles. The first-order valence-corrected chi connectivity index (χ1v) is 4.93. The predicted molar refractivity (Wildman–Crippen MR) is 52.5 cm³/mol. The average molecular weight is 193 g/mol. The van der Waals surface area contributed by atoms with Crippen LogP contribution in [0.1, 0.15) is 30.9 Å². The van der Waals surface area contributed by atoms with Crippen LogP contribution in [0.5, 0.6) is 0 Å². The molecule has 0 bridgehead atoms.